The molecule has 0 atom stereocenters. The Morgan fingerprint density at radius 1 is 1.22 bits per heavy atom. The number of nitrogens with zero attached hydrogens (tertiary/aromatic N) is 4. The fourth-order valence-electron chi connectivity index (χ4n) is 3.51. The minimum Gasteiger partial charge on any atom is -0.302 e. The van der Waals surface area contributed by atoms with Crippen molar-refractivity contribution < 1.29 is 0 Å². The monoisotopic (exact) mass is 333 g/mol. The number of nitrogens with one attached hydrogen (secondary N) is 1. The number of hydrogen-bond acceptors (Lipinski definition) is 4. The normalized spacial score (nSPS) is 17.6. The zero-order valence-electron chi connectivity index (χ0n) is 14.0. The van der Waals surface area contributed by atoms with Gasteiger partial charge in [0.2, 0.25) is 0 Å². The van der Waals surface area contributed by atoms with E-state index in [1.54, 1.807) is 0 Å². The van der Waals surface area contributed by atoms with Crippen LogP contribution < -0.4 is 5.32 Å². The van der Waals surface area contributed by atoms with E-state index in [2.05, 4.69) is 34.7 Å². The lowest BCUT2D eigenvalue weighted by Crippen LogP contribution is -2.49. The predicted molar refractivity (Wildman–Crippen MR) is 91.9 cm³/mol. The molecule has 6 heteroatoms. The highest BCUT2D eigenvalue weighted by Crippen LogP contribution is 2.37. The van der Waals surface area contributed by atoms with Gasteiger partial charge < -0.3 is 5.32 Å². The third kappa shape index (κ3) is 3.26. The summed E-state index contributed by atoms with van der Waals surface area (Å²) in [6.07, 6.45) is 5.79. The first-order chi connectivity index (χ1) is 11.0. The molecule has 1 aromatic carbocycles. The molecule has 1 heterocycles. The third-order valence-electron chi connectivity index (χ3n) is 4.57. The summed E-state index contributed by atoms with van der Waals surface area (Å²) in [6.45, 7) is 6.34. The Balaban J connectivity index is 2.05. The maximum absolute atomic E-state index is 6.29. The molecule has 1 saturated carbocycles. The van der Waals surface area contributed by atoms with E-state index in [9.17, 15) is 0 Å². The molecular weight excluding hydrogens is 310 g/mol. The van der Waals surface area contributed by atoms with Gasteiger partial charge in [-0.15, -0.1) is 5.10 Å². The fraction of sp³-hybridized carbons (Fsp3) is 0.588. The van der Waals surface area contributed by atoms with Crippen molar-refractivity contribution in [3.63, 3.8) is 0 Å². The van der Waals surface area contributed by atoms with Gasteiger partial charge in [0.1, 0.15) is 0 Å². The smallest absolute Gasteiger partial charge is 0.176 e. The Hall–Kier alpha value is -1.46. The third-order valence-corrected chi connectivity index (χ3v) is 4.98. The van der Waals surface area contributed by atoms with Crippen molar-refractivity contribution in [3.05, 3.63) is 34.6 Å². The molecule has 0 unspecified atom stereocenters. The van der Waals surface area contributed by atoms with E-state index in [1.165, 1.54) is 19.3 Å². The minimum absolute atomic E-state index is 0.159. The average molecular weight is 334 g/mol. The van der Waals surface area contributed by atoms with Gasteiger partial charge in [0.05, 0.1) is 11.2 Å². The first-order valence-electron chi connectivity index (χ1n) is 8.35. The molecule has 1 aliphatic rings. The molecular formula is C17H24ClN5. The summed E-state index contributed by atoms with van der Waals surface area (Å²) in [4.78, 5) is 0. The van der Waals surface area contributed by atoms with Crippen molar-refractivity contribution in [3.8, 4) is 5.69 Å². The minimum atomic E-state index is -0.159. The van der Waals surface area contributed by atoms with Gasteiger partial charge in [-0.05, 0) is 61.7 Å². The van der Waals surface area contributed by atoms with E-state index in [0.29, 0.717) is 6.04 Å². The quantitative estimate of drug-likeness (QED) is 0.925. The topological polar surface area (TPSA) is 55.6 Å². The van der Waals surface area contributed by atoms with E-state index < -0.39 is 0 Å². The zero-order chi connectivity index (χ0) is 16.4. The number of benzene rings is 1. The van der Waals surface area contributed by atoms with Crippen molar-refractivity contribution in [1.82, 2.24) is 25.5 Å². The second-order valence-corrected chi connectivity index (χ2v) is 7.20. The SMILES string of the molecule is Cc1ccc(-n2nnnc2C2(NC(C)C)CCCCC2)cc1Cl. The van der Waals surface area contributed by atoms with Crippen molar-refractivity contribution in [2.24, 2.45) is 0 Å². The number of hydrogen-bond donors (Lipinski definition) is 1. The Labute approximate surface area is 142 Å². The fourth-order valence-corrected chi connectivity index (χ4v) is 3.69. The largest absolute Gasteiger partial charge is 0.302 e. The molecule has 0 radical (unpaired) electrons. The summed E-state index contributed by atoms with van der Waals surface area (Å²) < 4.78 is 1.84. The van der Waals surface area contributed by atoms with Gasteiger partial charge in [-0.2, -0.15) is 4.68 Å². The maximum atomic E-state index is 6.29. The van der Waals surface area contributed by atoms with Crippen LogP contribution >= 0.6 is 11.6 Å². The molecule has 0 spiro atoms. The highest BCUT2D eigenvalue weighted by atomic mass is 35.5. The van der Waals surface area contributed by atoms with E-state index in [0.717, 1.165) is 34.9 Å². The van der Waals surface area contributed by atoms with Gasteiger partial charge in [-0.1, -0.05) is 36.9 Å². The number of halogens is 1. The van der Waals surface area contributed by atoms with Crippen LogP contribution in [0.2, 0.25) is 5.02 Å². The highest BCUT2D eigenvalue weighted by Gasteiger charge is 2.39. The molecule has 23 heavy (non-hydrogen) atoms. The summed E-state index contributed by atoms with van der Waals surface area (Å²) in [5.41, 5.74) is 1.81. The van der Waals surface area contributed by atoms with Gasteiger partial charge in [0, 0.05) is 11.1 Å². The van der Waals surface area contributed by atoms with Crippen LogP contribution in [-0.2, 0) is 5.54 Å². The molecule has 124 valence electrons. The van der Waals surface area contributed by atoms with Crippen LogP contribution in [0.15, 0.2) is 18.2 Å². The summed E-state index contributed by atoms with van der Waals surface area (Å²) in [5, 5.41) is 17.1. The first kappa shape index (κ1) is 16.4. The summed E-state index contributed by atoms with van der Waals surface area (Å²) >= 11 is 6.29. The van der Waals surface area contributed by atoms with Gasteiger partial charge in [-0.3, -0.25) is 0 Å². The van der Waals surface area contributed by atoms with Crippen LogP contribution in [0.1, 0.15) is 57.3 Å². The number of aryl methyl sites for hydroxylation is 1. The predicted octanol–water partition coefficient (Wildman–Crippen LogP) is 3.78. The van der Waals surface area contributed by atoms with E-state index in [-0.39, 0.29) is 5.54 Å². The Kier molecular flexibility index (Phi) is 4.69. The van der Waals surface area contributed by atoms with Crippen molar-refractivity contribution in [2.45, 2.75) is 64.5 Å². The van der Waals surface area contributed by atoms with Crippen LogP contribution in [0.3, 0.4) is 0 Å². The molecule has 1 N–H and O–H groups in total. The Morgan fingerprint density at radius 2 is 1.96 bits per heavy atom. The molecule has 0 aliphatic heterocycles. The summed E-state index contributed by atoms with van der Waals surface area (Å²) in [6, 6.07) is 6.34. The lowest BCUT2D eigenvalue weighted by atomic mass is 9.80. The second-order valence-electron chi connectivity index (χ2n) is 6.79. The molecule has 1 aromatic heterocycles. The van der Waals surface area contributed by atoms with Crippen LogP contribution in [0, 0.1) is 6.92 Å². The summed E-state index contributed by atoms with van der Waals surface area (Å²) in [7, 11) is 0. The van der Waals surface area contributed by atoms with Crippen LogP contribution in [0.4, 0.5) is 0 Å². The van der Waals surface area contributed by atoms with Crippen LogP contribution in [0.25, 0.3) is 5.69 Å². The maximum Gasteiger partial charge on any atom is 0.176 e. The lowest BCUT2D eigenvalue weighted by molar-refractivity contribution is 0.201. The molecule has 5 nitrogen and oxygen atoms in total. The number of aromatic nitrogens is 4. The molecule has 0 bridgehead atoms. The molecule has 1 aliphatic carbocycles. The van der Waals surface area contributed by atoms with E-state index >= 15 is 0 Å². The first-order valence-corrected chi connectivity index (χ1v) is 8.73. The summed E-state index contributed by atoms with van der Waals surface area (Å²) in [5.74, 6) is 0.894. The van der Waals surface area contributed by atoms with Crippen LogP contribution in [0.5, 0.6) is 0 Å². The van der Waals surface area contributed by atoms with Crippen molar-refractivity contribution >= 4 is 11.6 Å². The van der Waals surface area contributed by atoms with Crippen LogP contribution in [-0.4, -0.2) is 26.2 Å². The van der Waals surface area contributed by atoms with Gasteiger partial charge in [-0.25, -0.2) is 0 Å². The molecule has 0 saturated heterocycles. The second kappa shape index (κ2) is 6.57. The lowest BCUT2D eigenvalue weighted by Gasteiger charge is -2.38. The molecule has 2 aromatic rings. The van der Waals surface area contributed by atoms with E-state index in [4.69, 9.17) is 11.6 Å². The molecule has 1 fully saturated rings. The standard InChI is InChI=1S/C17H24ClN5/c1-12(2)19-17(9-5-4-6-10-17)16-20-21-22-23(16)14-8-7-13(3)15(18)11-14/h7-8,11-12,19H,4-6,9-10H2,1-3H3. The molecule has 0 amide bonds. The Bertz CT molecular complexity index is 673. The van der Waals surface area contributed by atoms with Gasteiger partial charge in [0.15, 0.2) is 5.82 Å². The van der Waals surface area contributed by atoms with Gasteiger partial charge >= 0.3 is 0 Å². The average Bonchev–Trinajstić information content (AvgIpc) is 3.00. The Morgan fingerprint density at radius 3 is 2.61 bits per heavy atom. The van der Waals surface area contributed by atoms with Crippen molar-refractivity contribution in [1.29, 1.82) is 0 Å². The van der Waals surface area contributed by atoms with Gasteiger partial charge in [0.25, 0.3) is 0 Å². The zero-order valence-corrected chi connectivity index (χ0v) is 14.8. The van der Waals surface area contributed by atoms with E-state index in [1.807, 2.05) is 29.8 Å². The number of rotatable bonds is 4. The number of tetrazole rings is 1. The highest BCUT2D eigenvalue weighted by molar-refractivity contribution is 6.31. The van der Waals surface area contributed by atoms with Crippen molar-refractivity contribution in [2.75, 3.05) is 0 Å². The molecule has 3 rings (SSSR count).